The molecule has 2 aliphatic rings. The van der Waals surface area contributed by atoms with Crippen molar-refractivity contribution in [2.24, 2.45) is 11.8 Å². The summed E-state index contributed by atoms with van der Waals surface area (Å²) < 4.78 is 0. The molecule has 1 aliphatic carbocycles. The fraction of sp³-hybridized carbons (Fsp3) is 0.636. The van der Waals surface area contributed by atoms with Gasteiger partial charge in [-0.3, -0.25) is 4.90 Å². The molecule has 2 unspecified atom stereocenters. The third-order valence-corrected chi connectivity index (χ3v) is 3.33. The zero-order chi connectivity index (χ0) is 9.10. The summed E-state index contributed by atoms with van der Waals surface area (Å²) in [5, 5.41) is 0. The topological polar surface area (TPSA) is 3.24 Å². The molecule has 1 heterocycles. The van der Waals surface area contributed by atoms with Crippen LogP contribution in [0.25, 0.3) is 0 Å². The minimum Gasteiger partial charge on any atom is -0.299 e. The largest absolute Gasteiger partial charge is 0.299 e. The van der Waals surface area contributed by atoms with Gasteiger partial charge in [0.15, 0.2) is 0 Å². The van der Waals surface area contributed by atoms with Crippen LogP contribution in [-0.4, -0.2) is 24.5 Å². The highest BCUT2D eigenvalue weighted by Gasteiger charge is 2.31. The third-order valence-electron chi connectivity index (χ3n) is 3.15. The number of rotatable bonds is 2. The summed E-state index contributed by atoms with van der Waals surface area (Å²) >= 11 is 5.51. The molecule has 0 spiro atoms. The second kappa shape index (κ2) is 4.30. The van der Waals surface area contributed by atoms with Crippen LogP contribution in [0.5, 0.6) is 0 Å². The SMILES string of the molecule is Cl/C=C/CN1CC2CC=CCC2C1. The van der Waals surface area contributed by atoms with Gasteiger partial charge in [-0.2, -0.15) is 0 Å². The van der Waals surface area contributed by atoms with Crippen molar-refractivity contribution in [3.8, 4) is 0 Å². The average molecular weight is 198 g/mol. The van der Waals surface area contributed by atoms with E-state index in [1.165, 1.54) is 25.9 Å². The van der Waals surface area contributed by atoms with Crippen molar-refractivity contribution in [2.45, 2.75) is 12.8 Å². The average Bonchev–Trinajstić information content (AvgIpc) is 2.57. The Kier molecular flexibility index (Phi) is 3.07. The van der Waals surface area contributed by atoms with Crippen LogP contribution in [0.4, 0.5) is 0 Å². The van der Waals surface area contributed by atoms with Crippen LogP contribution in [-0.2, 0) is 0 Å². The highest BCUT2D eigenvalue weighted by molar-refractivity contribution is 6.25. The van der Waals surface area contributed by atoms with Crippen LogP contribution in [0.2, 0.25) is 0 Å². The van der Waals surface area contributed by atoms with E-state index in [9.17, 15) is 0 Å². The molecule has 1 fully saturated rings. The third kappa shape index (κ3) is 2.15. The van der Waals surface area contributed by atoms with Gasteiger partial charge in [0, 0.05) is 25.2 Å². The first-order chi connectivity index (χ1) is 6.40. The van der Waals surface area contributed by atoms with Crippen LogP contribution in [0.3, 0.4) is 0 Å². The molecule has 72 valence electrons. The second-order valence-corrected chi connectivity index (χ2v) is 4.30. The van der Waals surface area contributed by atoms with Crippen LogP contribution in [0, 0.1) is 11.8 Å². The first kappa shape index (κ1) is 9.29. The Labute approximate surface area is 85.1 Å². The van der Waals surface area contributed by atoms with E-state index in [-0.39, 0.29) is 0 Å². The molecule has 0 aromatic heterocycles. The molecule has 2 heteroatoms. The van der Waals surface area contributed by atoms with E-state index in [2.05, 4.69) is 17.1 Å². The van der Waals surface area contributed by atoms with E-state index in [4.69, 9.17) is 11.6 Å². The maximum atomic E-state index is 5.51. The van der Waals surface area contributed by atoms with E-state index >= 15 is 0 Å². The Morgan fingerprint density at radius 3 is 2.38 bits per heavy atom. The predicted octanol–water partition coefficient (Wildman–Crippen LogP) is 2.64. The van der Waals surface area contributed by atoms with Gasteiger partial charge < -0.3 is 0 Å². The molecule has 13 heavy (non-hydrogen) atoms. The van der Waals surface area contributed by atoms with Crippen molar-refractivity contribution in [1.82, 2.24) is 4.90 Å². The van der Waals surface area contributed by atoms with Crippen molar-refractivity contribution >= 4 is 11.6 Å². The lowest BCUT2D eigenvalue weighted by molar-refractivity contribution is 0.357. The van der Waals surface area contributed by atoms with Gasteiger partial charge in [0.25, 0.3) is 0 Å². The number of allylic oxidation sites excluding steroid dienone is 2. The van der Waals surface area contributed by atoms with Gasteiger partial charge in [0.05, 0.1) is 0 Å². The van der Waals surface area contributed by atoms with Crippen LogP contribution < -0.4 is 0 Å². The number of fused-ring (bicyclic) bond motifs is 1. The molecule has 0 bridgehead atoms. The number of nitrogens with zero attached hydrogens (tertiary/aromatic N) is 1. The van der Waals surface area contributed by atoms with Gasteiger partial charge in [-0.1, -0.05) is 29.8 Å². The van der Waals surface area contributed by atoms with Gasteiger partial charge in [0.2, 0.25) is 0 Å². The molecule has 2 atom stereocenters. The second-order valence-electron chi connectivity index (χ2n) is 4.04. The molecule has 1 nitrogen and oxygen atoms in total. The molecular weight excluding hydrogens is 182 g/mol. The lowest BCUT2D eigenvalue weighted by atomic mass is 9.86. The molecule has 0 N–H and O–H groups in total. The molecule has 0 aromatic rings. The zero-order valence-corrected chi connectivity index (χ0v) is 8.58. The summed E-state index contributed by atoms with van der Waals surface area (Å²) in [7, 11) is 0. The van der Waals surface area contributed by atoms with E-state index in [1.807, 2.05) is 6.08 Å². The Morgan fingerprint density at radius 1 is 1.23 bits per heavy atom. The first-order valence-corrected chi connectivity index (χ1v) is 5.46. The van der Waals surface area contributed by atoms with E-state index in [1.54, 1.807) is 5.54 Å². The monoisotopic (exact) mass is 197 g/mol. The number of hydrogen-bond acceptors (Lipinski definition) is 1. The molecule has 1 saturated heterocycles. The fourth-order valence-corrected chi connectivity index (χ4v) is 2.53. The maximum absolute atomic E-state index is 5.51. The van der Waals surface area contributed by atoms with Gasteiger partial charge in [-0.05, 0) is 24.7 Å². The first-order valence-electron chi connectivity index (χ1n) is 5.02. The summed E-state index contributed by atoms with van der Waals surface area (Å²) in [6.45, 7) is 3.54. The smallest absolute Gasteiger partial charge is 0.0175 e. The summed E-state index contributed by atoms with van der Waals surface area (Å²) in [4.78, 5) is 2.50. The number of hydrogen-bond donors (Lipinski definition) is 0. The zero-order valence-electron chi connectivity index (χ0n) is 7.82. The van der Waals surface area contributed by atoms with Gasteiger partial charge in [0.1, 0.15) is 0 Å². The highest BCUT2D eigenvalue weighted by Crippen LogP contribution is 2.32. The summed E-state index contributed by atoms with van der Waals surface area (Å²) in [5.41, 5.74) is 1.63. The normalized spacial score (nSPS) is 34.2. The lowest BCUT2D eigenvalue weighted by Gasteiger charge is -2.18. The van der Waals surface area contributed by atoms with Crippen LogP contribution >= 0.6 is 11.6 Å². The Bertz CT molecular complexity index is 206. The van der Waals surface area contributed by atoms with E-state index in [0.29, 0.717) is 0 Å². The van der Waals surface area contributed by atoms with E-state index in [0.717, 1.165) is 18.4 Å². The minimum atomic E-state index is 0.911. The molecule has 0 aromatic carbocycles. The molecular formula is C11H16ClN. The van der Waals surface area contributed by atoms with Crippen molar-refractivity contribution in [3.63, 3.8) is 0 Å². The van der Waals surface area contributed by atoms with Gasteiger partial charge in [-0.15, -0.1) is 0 Å². The van der Waals surface area contributed by atoms with Gasteiger partial charge >= 0.3 is 0 Å². The molecule has 0 radical (unpaired) electrons. The Hall–Kier alpha value is -0.270. The summed E-state index contributed by atoms with van der Waals surface area (Å²) in [5.74, 6) is 1.82. The van der Waals surface area contributed by atoms with Crippen molar-refractivity contribution in [2.75, 3.05) is 19.6 Å². The molecule has 2 rings (SSSR count). The fourth-order valence-electron chi connectivity index (χ4n) is 2.45. The number of halogens is 1. The molecule has 1 aliphatic heterocycles. The van der Waals surface area contributed by atoms with E-state index < -0.39 is 0 Å². The molecule has 0 saturated carbocycles. The molecule has 0 amide bonds. The lowest BCUT2D eigenvalue weighted by Crippen LogP contribution is -2.20. The van der Waals surface area contributed by atoms with Gasteiger partial charge in [-0.25, -0.2) is 0 Å². The van der Waals surface area contributed by atoms with Crippen molar-refractivity contribution in [1.29, 1.82) is 0 Å². The summed E-state index contributed by atoms with van der Waals surface area (Å²) in [6.07, 6.45) is 9.27. The Morgan fingerprint density at radius 2 is 1.85 bits per heavy atom. The summed E-state index contributed by atoms with van der Waals surface area (Å²) in [6, 6.07) is 0. The Balaban J connectivity index is 1.87. The quantitative estimate of drug-likeness (QED) is 0.616. The van der Waals surface area contributed by atoms with Crippen LogP contribution in [0.15, 0.2) is 23.8 Å². The highest BCUT2D eigenvalue weighted by atomic mass is 35.5. The van der Waals surface area contributed by atoms with Crippen molar-refractivity contribution < 1.29 is 0 Å². The maximum Gasteiger partial charge on any atom is 0.0175 e. The predicted molar refractivity (Wildman–Crippen MR) is 56.8 cm³/mol. The number of likely N-dealkylation sites (tertiary alicyclic amines) is 1. The van der Waals surface area contributed by atoms with Crippen molar-refractivity contribution in [3.05, 3.63) is 23.8 Å². The minimum absolute atomic E-state index is 0.911. The standard InChI is InChI=1S/C11H16ClN/c12-6-3-7-13-8-10-4-1-2-5-11(10)9-13/h1-3,6,10-11H,4-5,7-9H2/b6-3+. The van der Waals surface area contributed by atoms with Crippen LogP contribution in [0.1, 0.15) is 12.8 Å².